The van der Waals surface area contributed by atoms with E-state index in [-0.39, 0.29) is 52.9 Å². The van der Waals surface area contributed by atoms with E-state index in [1.807, 2.05) is 25.2 Å². The first-order valence-corrected chi connectivity index (χ1v) is 14.4. The molecule has 198 valence electrons. The third-order valence-corrected chi connectivity index (χ3v) is 11.1. The minimum absolute atomic E-state index is 0.0176. The Hall–Kier alpha value is -2.67. The Balaban J connectivity index is 1.41. The lowest BCUT2D eigenvalue weighted by atomic mass is 9.46. The molecule has 6 heteroatoms. The molecule has 6 nitrogen and oxygen atoms in total. The zero-order chi connectivity index (χ0) is 26.0. The number of hydrogen-bond donors (Lipinski definition) is 1. The maximum absolute atomic E-state index is 13.9. The fourth-order valence-electron chi connectivity index (χ4n) is 9.81. The van der Waals surface area contributed by atoms with E-state index in [0.717, 1.165) is 25.9 Å². The summed E-state index contributed by atoms with van der Waals surface area (Å²) in [6.45, 7) is 8.18. The van der Waals surface area contributed by atoms with Gasteiger partial charge < -0.3 is 14.5 Å². The highest BCUT2D eigenvalue weighted by Gasteiger charge is 2.78. The number of nitrogens with zero attached hydrogens (tertiary/aromatic N) is 3. The smallest absolute Gasteiger partial charge is 0.247 e. The molecule has 6 heterocycles. The molecule has 0 saturated carbocycles. The van der Waals surface area contributed by atoms with Crippen molar-refractivity contribution >= 4 is 11.6 Å². The van der Waals surface area contributed by atoms with Crippen molar-refractivity contribution in [2.75, 3.05) is 25.0 Å². The van der Waals surface area contributed by atoms with Gasteiger partial charge in [0.1, 0.15) is 6.10 Å². The number of epoxide rings is 1. The quantitative estimate of drug-likeness (QED) is 0.378. The summed E-state index contributed by atoms with van der Waals surface area (Å²) in [6.07, 6.45) is 19.3. The number of carbonyl (C=O) groups is 1. The minimum Gasteiger partial charge on any atom is -0.365 e. The van der Waals surface area contributed by atoms with Crippen LogP contribution in [0, 0.1) is 11.3 Å². The summed E-state index contributed by atoms with van der Waals surface area (Å²) in [5.74, 6) is 0.439. The number of hydrogen-bond acceptors (Lipinski definition) is 5. The zero-order valence-corrected chi connectivity index (χ0v) is 22.8. The van der Waals surface area contributed by atoms with Crippen molar-refractivity contribution in [3.63, 3.8) is 0 Å². The van der Waals surface area contributed by atoms with Crippen LogP contribution in [0.3, 0.4) is 0 Å². The maximum Gasteiger partial charge on any atom is 0.247 e. The Morgan fingerprint density at radius 1 is 1.13 bits per heavy atom. The molecule has 0 aromatic heterocycles. The number of allylic oxidation sites excluding steroid dienone is 5. The van der Waals surface area contributed by atoms with Crippen LogP contribution in [-0.2, 0) is 14.9 Å². The highest BCUT2D eigenvalue weighted by Crippen LogP contribution is 2.73. The third-order valence-electron chi connectivity index (χ3n) is 11.1. The van der Waals surface area contributed by atoms with Gasteiger partial charge in [-0.3, -0.25) is 15.0 Å². The number of fused-ring (bicyclic) bond motifs is 1. The van der Waals surface area contributed by atoms with Crippen molar-refractivity contribution in [2.24, 2.45) is 11.3 Å². The van der Waals surface area contributed by atoms with Crippen molar-refractivity contribution in [3.05, 3.63) is 77.9 Å². The first kappa shape index (κ1) is 23.2. The second-order valence-electron chi connectivity index (χ2n) is 12.9. The molecule has 2 bridgehead atoms. The largest absolute Gasteiger partial charge is 0.365 e. The molecule has 1 aromatic rings. The Labute approximate surface area is 225 Å². The molecule has 0 radical (unpaired) electrons. The summed E-state index contributed by atoms with van der Waals surface area (Å²) in [5, 5.41) is 4.13. The predicted molar refractivity (Wildman–Crippen MR) is 149 cm³/mol. The van der Waals surface area contributed by atoms with Gasteiger partial charge in [0, 0.05) is 54.7 Å². The average Bonchev–Trinajstić information content (AvgIpc) is 3.31. The van der Waals surface area contributed by atoms with Crippen LogP contribution in [0.5, 0.6) is 0 Å². The number of amides is 1. The molecular weight excluding hydrogens is 472 g/mol. The van der Waals surface area contributed by atoms with E-state index < -0.39 is 0 Å². The van der Waals surface area contributed by atoms with Crippen LogP contribution in [0.4, 0.5) is 5.69 Å². The van der Waals surface area contributed by atoms with Gasteiger partial charge in [-0.05, 0) is 50.8 Å². The number of carbonyl (C=O) groups excluding carboxylic acids is 1. The molecule has 9 atom stereocenters. The van der Waals surface area contributed by atoms with Crippen LogP contribution in [0.25, 0.3) is 0 Å². The average molecular weight is 511 g/mol. The fraction of sp³-hybridized carbons (Fsp3) is 0.531. The summed E-state index contributed by atoms with van der Waals surface area (Å²) in [4.78, 5) is 21.4. The van der Waals surface area contributed by atoms with Gasteiger partial charge in [-0.1, -0.05) is 54.7 Å². The zero-order valence-electron chi connectivity index (χ0n) is 22.8. The van der Waals surface area contributed by atoms with Crippen molar-refractivity contribution in [1.29, 1.82) is 0 Å². The highest BCUT2D eigenvalue weighted by atomic mass is 16.6. The van der Waals surface area contributed by atoms with Crippen LogP contribution in [-0.4, -0.2) is 65.9 Å². The molecule has 1 amide bonds. The Morgan fingerprint density at radius 3 is 2.74 bits per heavy atom. The molecule has 1 N–H and O–H groups in total. The highest BCUT2D eigenvalue weighted by molar-refractivity contribution is 5.89. The van der Waals surface area contributed by atoms with Crippen LogP contribution in [0.1, 0.15) is 50.8 Å². The lowest BCUT2D eigenvalue weighted by molar-refractivity contribution is -0.160. The van der Waals surface area contributed by atoms with E-state index in [0.29, 0.717) is 5.92 Å². The summed E-state index contributed by atoms with van der Waals surface area (Å²) in [6, 6.07) is 7.32. The number of likely N-dealkylation sites (tertiary alicyclic amines) is 1. The van der Waals surface area contributed by atoms with Gasteiger partial charge in [-0.25, -0.2) is 0 Å². The van der Waals surface area contributed by atoms with Crippen molar-refractivity contribution in [3.8, 4) is 0 Å². The van der Waals surface area contributed by atoms with E-state index >= 15 is 0 Å². The second kappa shape index (κ2) is 7.50. The van der Waals surface area contributed by atoms with Gasteiger partial charge in [0.15, 0.2) is 0 Å². The normalized spacial score (nSPS) is 44.5. The molecule has 4 fully saturated rings. The summed E-state index contributed by atoms with van der Waals surface area (Å²) in [7, 11) is 2.28. The lowest BCUT2D eigenvalue weighted by Crippen LogP contribution is -2.78. The van der Waals surface area contributed by atoms with Crippen molar-refractivity contribution < 1.29 is 9.53 Å². The van der Waals surface area contributed by atoms with Gasteiger partial charge >= 0.3 is 0 Å². The van der Waals surface area contributed by atoms with Crippen LogP contribution in [0.2, 0.25) is 0 Å². The molecule has 9 unspecified atom stereocenters. The van der Waals surface area contributed by atoms with Gasteiger partial charge in [-0.2, -0.15) is 0 Å². The number of nitrogens with one attached hydrogen (secondary N) is 1. The SMILES string of the molecule is CC=CC=CC(=O)N1CCC23C4C=CC=CC4NC4N(C)c5cccc6c5C42CCN(C6C2OC2(C)C)C13. The second-order valence-corrected chi connectivity index (χ2v) is 12.9. The first-order valence-electron chi connectivity index (χ1n) is 14.4. The number of anilines is 1. The molecule has 1 aromatic carbocycles. The first-order chi connectivity index (χ1) is 18.4. The molecule has 8 rings (SSSR count). The van der Waals surface area contributed by atoms with E-state index in [4.69, 9.17) is 4.74 Å². The van der Waals surface area contributed by atoms with Gasteiger partial charge in [-0.15, -0.1) is 0 Å². The van der Waals surface area contributed by atoms with Crippen LogP contribution >= 0.6 is 0 Å². The van der Waals surface area contributed by atoms with Crippen LogP contribution in [0.15, 0.2) is 66.8 Å². The van der Waals surface area contributed by atoms with Gasteiger partial charge in [0.05, 0.1) is 24.0 Å². The Morgan fingerprint density at radius 2 is 1.95 bits per heavy atom. The van der Waals surface area contributed by atoms with Crippen molar-refractivity contribution in [1.82, 2.24) is 15.1 Å². The van der Waals surface area contributed by atoms with E-state index in [1.54, 1.807) is 6.08 Å². The Bertz CT molecular complexity index is 1340. The molecule has 4 saturated heterocycles. The number of rotatable bonds is 3. The summed E-state index contributed by atoms with van der Waals surface area (Å²) in [5.41, 5.74) is 3.97. The van der Waals surface area contributed by atoms with Crippen LogP contribution < -0.4 is 10.2 Å². The van der Waals surface area contributed by atoms with Crippen molar-refractivity contribution in [2.45, 2.75) is 75.1 Å². The molecule has 1 aliphatic carbocycles. The van der Waals surface area contributed by atoms with Gasteiger partial charge in [0.2, 0.25) is 5.91 Å². The van der Waals surface area contributed by atoms with E-state index in [9.17, 15) is 4.79 Å². The van der Waals surface area contributed by atoms with E-state index in [1.165, 1.54) is 16.8 Å². The summed E-state index contributed by atoms with van der Waals surface area (Å²) < 4.78 is 6.44. The summed E-state index contributed by atoms with van der Waals surface area (Å²) >= 11 is 0. The monoisotopic (exact) mass is 510 g/mol. The standard InChI is InChI=1S/C32H38N4O2/c1-5-6-7-15-24(37)35-18-16-31-21-12-8-9-13-22(21)33-28-32(31)17-19-36(29(31)35)26(27-30(2,3)38-27)20-11-10-14-23(25(20)32)34(28)4/h5-15,21-22,26-29,33H,16-19H2,1-4H3. The molecule has 38 heavy (non-hydrogen) atoms. The number of piperidine rings is 2. The van der Waals surface area contributed by atoms with Gasteiger partial charge in [0.25, 0.3) is 0 Å². The topological polar surface area (TPSA) is 51.4 Å². The molecule has 7 aliphatic rings. The lowest BCUT2D eigenvalue weighted by Gasteiger charge is -2.66. The molecular formula is C32H38N4O2. The van der Waals surface area contributed by atoms with E-state index in [2.05, 4.69) is 83.4 Å². The third kappa shape index (κ3) is 2.53. The molecule has 6 aliphatic heterocycles. The minimum atomic E-state index is -0.163. The maximum atomic E-state index is 13.9. The number of likely N-dealkylation sites (N-methyl/N-ethyl adjacent to an activating group) is 1. The Kier molecular flexibility index (Phi) is 4.58. The molecule has 2 spiro atoms. The number of ether oxygens (including phenoxy) is 1. The fourth-order valence-corrected chi connectivity index (χ4v) is 9.81. The number of benzene rings is 1. The predicted octanol–water partition coefficient (Wildman–Crippen LogP) is 4.03.